The number of amides is 3. The minimum Gasteiger partial charge on any atom is -0.497 e. The quantitative estimate of drug-likeness (QED) is 0.354. The summed E-state index contributed by atoms with van der Waals surface area (Å²) in [5.41, 5.74) is 12.0. The van der Waals surface area contributed by atoms with Crippen molar-refractivity contribution in [3.05, 3.63) is 64.7 Å². The van der Waals surface area contributed by atoms with Crippen molar-refractivity contribution in [1.82, 2.24) is 9.69 Å². The predicted octanol–water partition coefficient (Wildman–Crippen LogP) is 2.52. The molecular weight excluding hydrogens is 510 g/mol. The van der Waals surface area contributed by atoms with Crippen LogP contribution in [-0.2, 0) is 9.53 Å². The topological polar surface area (TPSA) is 159 Å². The number of carbonyl (C=O) groups is 3. The number of hydrogen-bond donors (Lipinski definition) is 3. The molecule has 2 atom stereocenters. The first-order valence-corrected chi connectivity index (χ1v) is 12.7. The smallest absolute Gasteiger partial charge is 0.273 e. The molecule has 1 aliphatic rings. The van der Waals surface area contributed by atoms with Crippen LogP contribution in [0.25, 0.3) is 0 Å². The molecule has 0 unspecified atom stereocenters. The maximum Gasteiger partial charge on any atom is 0.273 e. The van der Waals surface area contributed by atoms with Crippen LogP contribution in [0.3, 0.4) is 0 Å². The van der Waals surface area contributed by atoms with Gasteiger partial charge < -0.3 is 31.0 Å². The van der Waals surface area contributed by atoms with Gasteiger partial charge in [0, 0.05) is 13.2 Å². The molecule has 5 N–H and O–H groups in total. The second-order valence-electron chi connectivity index (χ2n) is 8.54. The van der Waals surface area contributed by atoms with Crippen molar-refractivity contribution in [2.45, 2.75) is 25.0 Å². The predicted molar refractivity (Wildman–Crippen MR) is 143 cm³/mol. The average Bonchev–Trinajstić information content (AvgIpc) is 3.60. The number of para-hydroxylation sites is 2. The molecule has 1 aliphatic heterocycles. The van der Waals surface area contributed by atoms with E-state index in [9.17, 15) is 14.4 Å². The van der Waals surface area contributed by atoms with Gasteiger partial charge in [-0.2, -0.15) is 4.37 Å². The Kier molecular flexibility index (Phi) is 8.44. The molecule has 4 rings (SSSR count). The Morgan fingerprint density at radius 1 is 1.16 bits per heavy atom. The van der Waals surface area contributed by atoms with Crippen LogP contribution < -0.4 is 31.2 Å². The van der Waals surface area contributed by atoms with Crippen molar-refractivity contribution in [3.63, 3.8) is 0 Å². The van der Waals surface area contributed by atoms with E-state index in [0.717, 1.165) is 24.4 Å². The SMILES string of the molecule is COc1ccc([C@H](C(=O)NC[C@@H]2CCCO2)N(C(=O)c2snc(C(N)=O)c2N)c2ccccc2OC)cc1. The van der Waals surface area contributed by atoms with Gasteiger partial charge in [0.15, 0.2) is 5.69 Å². The lowest BCUT2D eigenvalue weighted by molar-refractivity contribution is -0.123. The van der Waals surface area contributed by atoms with Crippen molar-refractivity contribution >= 4 is 40.6 Å². The lowest BCUT2D eigenvalue weighted by Crippen LogP contribution is -2.45. The van der Waals surface area contributed by atoms with Crippen molar-refractivity contribution in [2.24, 2.45) is 5.73 Å². The lowest BCUT2D eigenvalue weighted by atomic mass is 10.0. The highest BCUT2D eigenvalue weighted by atomic mass is 32.1. The number of nitrogens with one attached hydrogen (secondary N) is 1. The van der Waals surface area contributed by atoms with E-state index in [1.807, 2.05) is 0 Å². The molecule has 12 heteroatoms. The maximum atomic E-state index is 14.2. The highest BCUT2D eigenvalue weighted by Crippen LogP contribution is 2.38. The van der Waals surface area contributed by atoms with Gasteiger partial charge in [-0.25, -0.2) is 0 Å². The van der Waals surface area contributed by atoms with Gasteiger partial charge in [0.05, 0.1) is 31.7 Å². The molecule has 2 heterocycles. The van der Waals surface area contributed by atoms with E-state index in [1.54, 1.807) is 48.5 Å². The Bertz CT molecular complexity index is 1310. The lowest BCUT2D eigenvalue weighted by Gasteiger charge is -2.32. The molecule has 0 radical (unpaired) electrons. The van der Waals surface area contributed by atoms with Crippen LogP contribution in [0, 0.1) is 0 Å². The van der Waals surface area contributed by atoms with Gasteiger partial charge >= 0.3 is 0 Å². The largest absolute Gasteiger partial charge is 0.497 e. The summed E-state index contributed by atoms with van der Waals surface area (Å²) in [7, 11) is 3.00. The van der Waals surface area contributed by atoms with Crippen LogP contribution >= 0.6 is 11.5 Å². The fraction of sp³-hybridized carbons (Fsp3) is 0.308. The third kappa shape index (κ3) is 5.55. The standard InChI is InChI=1S/C26H29N5O6S/c1-35-16-11-9-15(10-12-16)22(25(33)29-14-17-6-5-13-37-17)31(18-7-3-4-8-19(18)36-2)26(34)23-20(27)21(24(28)32)30-38-23/h3-4,7-12,17,22H,5-6,13-14,27H2,1-2H3,(H2,28,32)(H,29,33)/t17-,22+/m0/s1. The number of nitrogens with zero attached hydrogens (tertiary/aromatic N) is 2. The number of hydrogen-bond acceptors (Lipinski definition) is 9. The number of carbonyl (C=O) groups excluding carboxylic acids is 3. The summed E-state index contributed by atoms with van der Waals surface area (Å²) >= 11 is 0.734. The molecule has 2 aromatic carbocycles. The summed E-state index contributed by atoms with van der Waals surface area (Å²) in [5, 5.41) is 2.94. The molecule has 1 saturated heterocycles. The van der Waals surface area contributed by atoms with Crippen LogP contribution in [0.5, 0.6) is 11.5 Å². The number of rotatable bonds is 10. The summed E-state index contributed by atoms with van der Waals surface area (Å²) in [4.78, 5) is 41.1. The van der Waals surface area contributed by atoms with Crippen LogP contribution in [0.15, 0.2) is 48.5 Å². The van der Waals surface area contributed by atoms with Crippen LogP contribution in [0.1, 0.15) is 44.6 Å². The number of nitrogens with two attached hydrogens (primary N) is 2. The van der Waals surface area contributed by atoms with Crippen molar-refractivity contribution in [2.75, 3.05) is 38.0 Å². The van der Waals surface area contributed by atoms with Crippen LogP contribution in [0.2, 0.25) is 0 Å². The fourth-order valence-electron chi connectivity index (χ4n) is 4.25. The van der Waals surface area contributed by atoms with Crippen LogP contribution in [-0.4, -0.2) is 55.6 Å². The molecule has 11 nitrogen and oxygen atoms in total. The maximum absolute atomic E-state index is 14.2. The van der Waals surface area contributed by atoms with Crippen molar-refractivity contribution in [1.29, 1.82) is 0 Å². The molecule has 0 aliphatic carbocycles. The number of primary amides is 1. The highest BCUT2D eigenvalue weighted by molar-refractivity contribution is 7.09. The Balaban J connectivity index is 1.84. The van der Waals surface area contributed by atoms with E-state index in [0.29, 0.717) is 29.4 Å². The zero-order valence-electron chi connectivity index (χ0n) is 21.0. The Hall–Kier alpha value is -4.16. The third-order valence-electron chi connectivity index (χ3n) is 6.19. The minimum absolute atomic E-state index is 0.0323. The van der Waals surface area contributed by atoms with E-state index in [-0.39, 0.29) is 28.9 Å². The second-order valence-corrected chi connectivity index (χ2v) is 9.31. The number of anilines is 2. The zero-order chi connectivity index (χ0) is 27.2. The van der Waals surface area contributed by atoms with Gasteiger partial charge in [-0.3, -0.25) is 19.3 Å². The normalized spacial score (nSPS) is 15.5. The number of benzene rings is 2. The number of ether oxygens (including phenoxy) is 3. The summed E-state index contributed by atoms with van der Waals surface area (Å²) in [6.45, 7) is 0.926. The third-order valence-corrected chi connectivity index (χ3v) is 7.04. The van der Waals surface area contributed by atoms with E-state index in [4.69, 9.17) is 25.7 Å². The Morgan fingerprint density at radius 2 is 1.89 bits per heavy atom. The summed E-state index contributed by atoms with van der Waals surface area (Å²) in [6.07, 6.45) is 1.64. The van der Waals surface area contributed by atoms with Crippen LogP contribution in [0.4, 0.5) is 11.4 Å². The highest BCUT2D eigenvalue weighted by Gasteiger charge is 2.37. The number of methoxy groups -OCH3 is 2. The second kappa shape index (κ2) is 11.9. The molecule has 0 spiro atoms. The molecule has 1 aromatic heterocycles. The Morgan fingerprint density at radius 3 is 2.50 bits per heavy atom. The van der Waals surface area contributed by atoms with Gasteiger partial charge in [0.1, 0.15) is 22.4 Å². The molecule has 0 saturated carbocycles. The van der Waals surface area contributed by atoms with E-state index >= 15 is 0 Å². The van der Waals surface area contributed by atoms with Crippen molar-refractivity contribution in [3.8, 4) is 11.5 Å². The summed E-state index contributed by atoms with van der Waals surface area (Å²) < 4.78 is 20.5. The zero-order valence-corrected chi connectivity index (χ0v) is 21.8. The minimum atomic E-state index is -1.15. The molecule has 3 aromatic rings. The molecule has 0 bridgehead atoms. The molecule has 1 fully saturated rings. The van der Waals surface area contributed by atoms with E-state index < -0.39 is 23.8 Å². The average molecular weight is 540 g/mol. The summed E-state index contributed by atoms with van der Waals surface area (Å²) in [5.74, 6) is -1.01. The molecule has 3 amide bonds. The van der Waals surface area contributed by atoms with E-state index in [2.05, 4.69) is 9.69 Å². The molecular formula is C26H29N5O6S. The van der Waals surface area contributed by atoms with Gasteiger partial charge in [0.25, 0.3) is 11.8 Å². The van der Waals surface area contributed by atoms with Gasteiger partial charge in [-0.15, -0.1) is 0 Å². The molecule has 38 heavy (non-hydrogen) atoms. The monoisotopic (exact) mass is 539 g/mol. The number of aromatic nitrogens is 1. The van der Waals surface area contributed by atoms with Gasteiger partial charge in [-0.1, -0.05) is 24.3 Å². The fourth-order valence-corrected chi connectivity index (χ4v) is 5.00. The van der Waals surface area contributed by atoms with Gasteiger partial charge in [-0.05, 0) is 54.2 Å². The van der Waals surface area contributed by atoms with E-state index in [1.165, 1.54) is 19.1 Å². The molecule has 200 valence electrons. The summed E-state index contributed by atoms with van der Waals surface area (Å²) in [6, 6.07) is 12.5. The first-order valence-electron chi connectivity index (χ1n) is 11.9. The Labute approximate surface area is 223 Å². The van der Waals surface area contributed by atoms with Crippen molar-refractivity contribution < 1.29 is 28.6 Å². The van der Waals surface area contributed by atoms with Gasteiger partial charge in [0.2, 0.25) is 5.91 Å². The first kappa shape index (κ1) is 26.9. The first-order chi connectivity index (χ1) is 18.3. The number of nitrogen functional groups attached to an aromatic ring is 1.